The summed E-state index contributed by atoms with van der Waals surface area (Å²) < 4.78 is 5.20. The van der Waals surface area contributed by atoms with E-state index < -0.39 is 0 Å². The highest BCUT2D eigenvalue weighted by Gasteiger charge is 2.22. The average molecular weight is 339 g/mol. The molecule has 0 bridgehead atoms. The molecule has 1 aliphatic carbocycles. The molecule has 0 aliphatic heterocycles. The van der Waals surface area contributed by atoms with Crippen molar-refractivity contribution in [1.82, 2.24) is 5.32 Å². The number of ether oxygens (including phenoxy) is 1. The maximum Gasteiger partial charge on any atom is 0.160 e. The number of nitrogens with one attached hydrogen (secondary N) is 1. The lowest BCUT2D eigenvalue weighted by Crippen LogP contribution is -2.33. The van der Waals surface area contributed by atoms with Crippen LogP contribution in [0.2, 0.25) is 0 Å². The summed E-state index contributed by atoms with van der Waals surface area (Å²) in [6.45, 7) is 4.49. The maximum atomic E-state index is 9.71. The molecule has 2 unspecified atom stereocenters. The minimum Gasteiger partial charge on any atom is -0.504 e. The van der Waals surface area contributed by atoms with Gasteiger partial charge in [0.05, 0.1) is 7.11 Å². The number of fused-ring (bicyclic) bond motifs is 1. The van der Waals surface area contributed by atoms with Gasteiger partial charge in [0.1, 0.15) is 0 Å². The van der Waals surface area contributed by atoms with Crippen LogP contribution in [0.5, 0.6) is 11.5 Å². The quantitative estimate of drug-likeness (QED) is 0.802. The first kappa shape index (κ1) is 17.8. The second-order valence-electron chi connectivity index (χ2n) is 7.20. The summed E-state index contributed by atoms with van der Waals surface area (Å²) in [5.41, 5.74) is 5.65. The maximum absolute atomic E-state index is 9.71. The monoisotopic (exact) mass is 339 g/mol. The molecule has 3 nitrogen and oxygen atoms in total. The van der Waals surface area contributed by atoms with E-state index in [1.807, 2.05) is 12.1 Å². The van der Waals surface area contributed by atoms with Gasteiger partial charge in [-0.15, -0.1) is 0 Å². The van der Waals surface area contributed by atoms with Gasteiger partial charge < -0.3 is 15.2 Å². The number of hydrogen-bond donors (Lipinski definition) is 2. The van der Waals surface area contributed by atoms with Crippen molar-refractivity contribution in [2.45, 2.75) is 58.0 Å². The topological polar surface area (TPSA) is 41.5 Å². The number of aromatic hydroxyl groups is 1. The molecule has 2 N–H and O–H groups in total. The largest absolute Gasteiger partial charge is 0.504 e. The Morgan fingerprint density at radius 2 is 2.12 bits per heavy atom. The molecule has 0 heterocycles. The van der Waals surface area contributed by atoms with E-state index in [9.17, 15) is 5.11 Å². The van der Waals surface area contributed by atoms with Crippen LogP contribution in [0.4, 0.5) is 0 Å². The smallest absolute Gasteiger partial charge is 0.160 e. The molecular weight excluding hydrogens is 310 g/mol. The first-order valence-corrected chi connectivity index (χ1v) is 9.29. The van der Waals surface area contributed by atoms with E-state index in [1.165, 1.54) is 36.0 Å². The summed E-state index contributed by atoms with van der Waals surface area (Å²) >= 11 is 0. The second-order valence-corrected chi connectivity index (χ2v) is 7.20. The van der Waals surface area contributed by atoms with Crippen molar-refractivity contribution in [3.05, 3.63) is 58.7 Å². The second kappa shape index (κ2) is 7.92. The predicted molar refractivity (Wildman–Crippen MR) is 102 cm³/mol. The molecule has 0 saturated carbocycles. The molecule has 134 valence electrons. The zero-order valence-electron chi connectivity index (χ0n) is 15.5. The van der Waals surface area contributed by atoms with Crippen LogP contribution in [0.1, 0.15) is 54.5 Å². The Bertz CT molecular complexity index is 726. The summed E-state index contributed by atoms with van der Waals surface area (Å²) in [7, 11) is 1.59. The first-order valence-electron chi connectivity index (χ1n) is 9.29. The molecular formula is C22H29NO2. The van der Waals surface area contributed by atoms with E-state index in [0.717, 1.165) is 12.8 Å². The van der Waals surface area contributed by atoms with E-state index in [2.05, 4.69) is 37.4 Å². The molecule has 0 aromatic heterocycles. The van der Waals surface area contributed by atoms with E-state index in [1.54, 1.807) is 18.7 Å². The molecule has 2 aromatic carbocycles. The van der Waals surface area contributed by atoms with Gasteiger partial charge >= 0.3 is 0 Å². The Kier molecular flexibility index (Phi) is 5.64. The van der Waals surface area contributed by atoms with Gasteiger partial charge in [-0.05, 0) is 80.3 Å². The highest BCUT2D eigenvalue weighted by Crippen LogP contribution is 2.32. The van der Waals surface area contributed by atoms with Gasteiger partial charge in [-0.2, -0.15) is 0 Å². The summed E-state index contributed by atoms with van der Waals surface area (Å²) in [6.07, 6.45) is 5.72. The van der Waals surface area contributed by atoms with Crippen molar-refractivity contribution >= 4 is 0 Å². The van der Waals surface area contributed by atoms with E-state index >= 15 is 0 Å². The standard InChI is InChI=1S/C22H29NO2/c1-15-6-4-8-19-18(15)7-5-9-20(19)23-16(2)10-11-17-12-13-21(24)22(14-17)25-3/h4,6,8,12-14,16,20,23-24H,5,7,9-11H2,1-3H3. The zero-order valence-corrected chi connectivity index (χ0v) is 15.5. The van der Waals surface area contributed by atoms with Gasteiger partial charge in [0.15, 0.2) is 11.5 Å². The van der Waals surface area contributed by atoms with Crippen LogP contribution in [-0.2, 0) is 12.8 Å². The van der Waals surface area contributed by atoms with Gasteiger partial charge in [-0.1, -0.05) is 24.3 Å². The minimum absolute atomic E-state index is 0.201. The molecule has 0 radical (unpaired) electrons. The van der Waals surface area contributed by atoms with Crippen LogP contribution >= 0.6 is 0 Å². The number of benzene rings is 2. The van der Waals surface area contributed by atoms with Crippen LogP contribution in [0.15, 0.2) is 36.4 Å². The molecule has 2 atom stereocenters. The third-order valence-corrected chi connectivity index (χ3v) is 5.34. The van der Waals surface area contributed by atoms with Gasteiger partial charge in [-0.3, -0.25) is 0 Å². The van der Waals surface area contributed by atoms with E-state index in [-0.39, 0.29) is 5.75 Å². The lowest BCUT2D eigenvalue weighted by molar-refractivity contribution is 0.372. The Hall–Kier alpha value is -2.00. The van der Waals surface area contributed by atoms with Crippen molar-refractivity contribution in [3.63, 3.8) is 0 Å². The van der Waals surface area contributed by atoms with Crippen molar-refractivity contribution in [2.24, 2.45) is 0 Å². The Labute approximate surface area is 151 Å². The Balaban J connectivity index is 1.60. The normalized spacial score (nSPS) is 17.8. The van der Waals surface area contributed by atoms with Crippen LogP contribution in [0, 0.1) is 6.92 Å². The van der Waals surface area contributed by atoms with Crippen LogP contribution in [0.3, 0.4) is 0 Å². The zero-order chi connectivity index (χ0) is 17.8. The number of phenols is 1. The third kappa shape index (κ3) is 4.16. The number of hydrogen-bond acceptors (Lipinski definition) is 3. The van der Waals surface area contributed by atoms with Crippen LogP contribution < -0.4 is 10.1 Å². The summed E-state index contributed by atoms with van der Waals surface area (Å²) in [4.78, 5) is 0. The van der Waals surface area contributed by atoms with Crippen molar-refractivity contribution < 1.29 is 9.84 Å². The molecule has 0 fully saturated rings. The van der Waals surface area contributed by atoms with Crippen molar-refractivity contribution in [3.8, 4) is 11.5 Å². The molecule has 3 heteroatoms. The number of methoxy groups -OCH3 is 1. The molecule has 25 heavy (non-hydrogen) atoms. The number of rotatable bonds is 6. The fourth-order valence-electron chi connectivity index (χ4n) is 3.89. The molecule has 0 spiro atoms. The van der Waals surface area contributed by atoms with Crippen molar-refractivity contribution in [2.75, 3.05) is 7.11 Å². The first-order chi connectivity index (χ1) is 12.1. The molecule has 0 amide bonds. The van der Waals surface area contributed by atoms with Crippen molar-refractivity contribution in [1.29, 1.82) is 0 Å². The highest BCUT2D eigenvalue weighted by atomic mass is 16.5. The van der Waals surface area contributed by atoms with Gasteiger partial charge in [0.2, 0.25) is 0 Å². The highest BCUT2D eigenvalue weighted by molar-refractivity contribution is 5.42. The Morgan fingerprint density at radius 1 is 1.28 bits per heavy atom. The fraction of sp³-hybridized carbons (Fsp3) is 0.455. The fourth-order valence-corrected chi connectivity index (χ4v) is 3.89. The van der Waals surface area contributed by atoms with Gasteiger partial charge in [0, 0.05) is 12.1 Å². The summed E-state index contributed by atoms with van der Waals surface area (Å²) in [5, 5.41) is 13.5. The van der Waals surface area contributed by atoms with Gasteiger partial charge in [-0.25, -0.2) is 0 Å². The SMILES string of the molecule is COc1cc(CCC(C)NC2CCCc3c(C)cccc32)ccc1O. The Morgan fingerprint density at radius 3 is 2.92 bits per heavy atom. The number of aryl methyl sites for hydroxylation is 2. The van der Waals surface area contributed by atoms with E-state index in [4.69, 9.17) is 4.74 Å². The average Bonchev–Trinajstić information content (AvgIpc) is 2.62. The van der Waals surface area contributed by atoms with E-state index in [0.29, 0.717) is 17.8 Å². The lowest BCUT2D eigenvalue weighted by atomic mass is 9.85. The lowest BCUT2D eigenvalue weighted by Gasteiger charge is -2.30. The van der Waals surface area contributed by atoms with Crippen LogP contribution in [-0.4, -0.2) is 18.3 Å². The summed E-state index contributed by atoms with van der Waals surface area (Å²) in [6, 6.07) is 13.2. The summed E-state index contributed by atoms with van der Waals surface area (Å²) in [5.74, 6) is 0.751. The number of phenolic OH excluding ortho intramolecular Hbond substituents is 1. The van der Waals surface area contributed by atoms with Gasteiger partial charge in [0.25, 0.3) is 0 Å². The predicted octanol–water partition coefficient (Wildman–Crippen LogP) is 4.70. The molecule has 1 aliphatic rings. The van der Waals surface area contributed by atoms with Crippen LogP contribution in [0.25, 0.3) is 0 Å². The molecule has 0 saturated heterocycles. The molecule has 3 rings (SSSR count). The minimum atomic E-state index is 0.201. The molecule has 2 aromatic rings. The third-order valence-electron chi connectivity index (χ3n) is 5.34.